The first-order chi connectivity index (χ1) is 15.7. The molecule has 0 saturated heterocycles. The molecule has 3 aromatic carbocycles. The fraction of sp³-hybridized carbons (Fsp3) is 0.154. The monoisotopic (exact) mass is 425 g/mol. The van der Waals surface area contributed by atoms with Crippen molar-refractivity contribution >= 4 is 21.8 Å². The Labute approximate surface area is 186 Å². The molecule has 0 saturated carbocycles. The lowest BCUT2D eigenvalue weighted by atomic mass is 9.99. The first-order valence-electron chi connectivity index (χ1n) is 10.3. The van der Waals surface area contributed by atoms with E-state index in [0.29, 0.717) is 11.5 Å². The molecule has 0 aliphatic carbocycles. The lowest BCUT2D eigenvalue weighted by Crippen LogP contribution is -2.00. The molecule has 0 amide bonds. The van der Waals surface area contributed by atoms with E-state index >= 15 is 0 Å². The van der Waals surface area contributed by atoms with E-state index in [1.807, 2.05) is 78.3 Å². The lowest BCUT2D eigenvalue weighted by Gasteiger charge is -2.15. The van der Waals surface area contributed by atoms with Gasteiger partial charge in [-0.15, -0.1) is 0 Å². The molecule has 32 heavy (non-hydrogen) atoms. The molecule has 5 aromatic rings. The first-order valence-corrected chi connectivity index (χ1v) is 10.3. The van der Waals surface area contributed by atoms with Crippen LogP contribution < -0.4 is 14.2 Å². The van der Waals surface area contributed by atoms with Gasteiger partial charge in [0.25, 0.3) is 0 Å². The standard InChI is InChI=1S/C26H23N3O3/c1-16-24-19-14-22(31-3)23(32-4)15-20(19)25(18-12-8-9-13-21(18)30-2)27-26(24)29(28-16)17-10-6-5-7-11-17/h5-15H,1-4H3. The first kappa shape index (κ1) is 19.9. The Morgan fingerprint density at radius 1 is 0.719 bits per heavy atom. The van der Waals surface area contributed by atoms with Crippen molar-refractivity contribution in [1.29, 1.82) is 0 Å². The van der Waals surface area contributed by atoms with E-state index in [4.69, 9.17) is 24.3 Å². The number of fused-ring (bicyclic) bond motifs is 3. The summed E-state index contributed by atoms with van der Waals surface area (Å²) in [4.78, 5) is 5.13. The quantitative estimate of drug-likeness (QED) is 0.368. The van der Waals surface area contributed by atoms with Gasteiger partial charge in [0.05, 0.1) is 43.8 Å². The molecule has 5 rings (SSSR count). The number of aryl methyl sites for hydroxylation is 1. The molecule has 0 radical (unpaired) electrons. The molecule has 0 N–H and O–H groups in total. The molecule has 0 aliphatic heterocycles. The number of pyridine rings is 1. The van der Waals surface area contributed by atoms with Crippen molar-refractivity contribution in [2.24, 2.45) is 0 Å². The number of rotatable bonds is 5. The highest BCUT2D eigenvalue weighted by Crippen LogP contribution is 2.42. The van der Waals surface area contributed by atoms with Crippen LogP contribution in [0.1, 0.15) is 5.69 Å². The molecule has 6 heteroatoms. The van der Waals surface area contributed by atoms with Gasteiger partial charge in [-0.25, -0.2) is 9.67 Å². The van der Waals surface area contributed by atoms with Crippen molar-refractivity contribution in [3.05, 3.63) is 72.4 Å². The van der Waals surface area contributed by atoms with E-state index in [-0.39, 0.29) is 0 Å². The molecule has 160 valence electrons. The molecule has 0 fully saturated rings. The average molecular weight is 425 g/mol. The van der Waals surface area contributed by atoms with Gasteiger partial charge in [-0.2, -0.15) is 5.10 Å². The predicted molar refractivity (Wildman–Crippen MR) is 126 cm³/mol. The number of nitrogens with zero attached hydrogens (tertiary/aromatic N) is 3. The van der Waals surface area contributed by atoms with Crippen LogP contribution in [0.15, 0.2) is 66.7 Å². The molecule has 2 aromatic heterocycles. The number of ether oxygens (including phenoxy) is 3. The van der Waals surface area contributed by atoms with E-state index in [1.165, 1.54) is 0 Å². The van der Waals surface area contributed by atoms with Crippen LogP contribution in [-0.4, -0.2) is 36.1 Å². The summed E-state index contributed by atoms with van der Waals surface area (Å²) in [6, 6.07) is 21.9. The zero-order chi connectivity index (χ0) is 22.2. The molecule has 0 aliphatic rings. The third-order valence-corrected chi connectivity index (χ3v) is 5.66. The van der Waals surface area contributed by atoms with Crippen LogP contribution in [0.25, 0.3) is 38.8 Å². The third kappa shape index (κ3) is 3.03. The van der Waals surface area contributed by atoms with Gasteiger partial charge >= 0.3 is 0 Å². The molecule has 0 bridgehead atoms. The minimum atomic E-state index is 0.644. The van der Waals surface area contributed by atoms with Gasteiger partial charge in [0.1, 0.15) is 5.75 Å². The summed E-state index contributed by atoms with van der Waals surface area (Å²) in [6.45, 7) is 2.00. The maximum Gasteiger partial charge on any atom is 0.164 e. The van der Waals surface area contributed by atoms with Crippen LogP contribution in [-0.2, 0) is 0 Å². The van der Waals surface area contributed by atoms with E-state index in [9.17, 15) is 0 Å². The van der Waals surface area contributed by atoms with Crippen molar-refractivity contribution < 1.29 is 14.2 Å². The summed E-state index contributed by atoms with van der Waals surface area (Å²) in [5, 5.41) is 7.75. The number of aromatic nitrogens is 3. The predicted octanol–water partition coefficient (Wildman–Crippen LogP) is 5.57. The zero-order valence-corrected chi connectivity index (χ0v) is 18.4. The van der Waals surface area contributed by atoms with Crippen LogP contribution in [0.4, 0.5) is 0 Å². The fourth-order valence-electron chi connectivity index (χ4n) is 4.18. The van der Waals surface area contributed by atoms with Crippen molar-refractivity contribution in [3.63, 3.8) is 0 Å². The van der Waals surface area contributed by atoms with Crippen LogP contribution in [0, 0.1) is 6.92 Å². The van der Waals surface area contributed by atoms with E-state index in [1.54, 1.807) is 21.3 Å². The highest BCUT2D eigenvalue weighted by Gasteiger charge is 2.21. The minimum Gasteiger partial charge on any atom is -0.496 e. The summed E-state index contributed by atoms with van der Waals surface area (Å²) in [7, 11) is 4.95. The van der Waals surface area contributed by atoms with Crippen LogP contribution in [0.3, 0.4) is 0 Å². The van der Waals surface area contributed by atoms with E-state index in [2.05, 4.69) is 0 Å². The van der Waals surface area contributed by atoms with Gasteiger partial charge in [0.15, 0.2) is 17.1 Å². The zero-order valence-electron chi connectivity index (χ0n) is 18.4. The largest absolute Gasteiger partial charge is 0.496 e. The number of hydrogen-bond acceptors (Lipinski definition) is 5. The number of hydrogen-bond donors (Lipinski definition) is 0. The Morgan fingerprint density at radius 2 is 1.34 bits per heavy atom. The lowest BCUT2D eigenvalue weighted by molar-refractivity contribution is 0.356. The Balaban J connectivity index is 1.97. The topological polar surface area (TPSA) is 58.4 Å². The fourth-order valence-corrected chi connectivity index (χ4v) is 4.18. The maximum absolute atomic E-state index is 5.66. The Bertz CT molecular complexity index is 1440. The summed E-state index contributed by atoms with van der Waals surface area (Å²) < 4.78 is 18.8. The highest BCUT2D eigenvalue weighted by molar-refractivity contribution is 6.12. The molecular weight excluding hydrogens is 402 g/mol. The second kappa shape index (κ2) is 7.89. The van der Waals surface area contributed by atoms with Crippen molar-refractivity contribution in [2.45, 2.75) is 6.92 Å². The number of para-hydroxylation sites is 2. The van der Waals surface area contributed by atoms with Gasteiger partial charge in [0.2, 0.25) is 0 Å². The number of benzene rings is 3. The maximum atomic E-state index is 5.66. The summed E-state index contributed by atoms with van der Waals surface area (Å²) in [5.74, 6) is 2.05. The SMILES string of the molecule is COc1cc2c(-c3ccccc3OC)nc3c(c(C)nn3-c3ccccc3)c2cc1OC. The molecule has 6 nitrogen and oxygen atoms in total. The van der Waals surface area contributed by atoms with Crippen LogP contribution in [0.2, 0.25) is 0 Å². The van der Waals surface area contributed by atoms with Crippen molar-refractivity contribution in [1.82, 2.24) is 14.8 Å². The molecule has 0 atom stereocenters. The third-order valence-electron chi connectivity index (χ3n) is 5.66. The average Bonchev–Trinajstić information content (AvgIpc) is 3.19. The summed E-state index contributed by atoms with van der Waals surface area (Å²) in [6.07, 6.45) is 0. The molecule has 0 unspecified atom stereocenters. The summed E-state index contributed by atoms with van der Waals surface area (Å²) >= 11 is 0. The normalized spacial score (nSPS) is 11.1. The smallest absolute Gasteiger partial charge is 0.164 e. The molecule has 0 spiro atoms. The number of methoxy groups -OCH3 is 3. The van der Waals surface area contributed by atoms with Gasteiger partial charge in [-0.3, -0.25) is 0 Å². The van der Waals surface area contributed by atoms with E-state index < -0.39 is 0 Å². The second-order valence-electron chi connectivity index (χ2n) is 7.44. The van der Waals surface area contributed by atoms with Gasteiger partial charge < -0.3 is 14.2 Å². The highest BCUT2D eigenvalue weighted by atomic mass is 16.5. The van der Waals surface area contributed by atoms with Crippen molar-refractivity contribution in [3.8, 4) is 34.2 Å². The van der Waals surface area contributed by atoms with Gasteiger partial charge in [0, 0.05) is 16.3 Å². The molecule has 2 heterocycles. The second-order valence-corrected chi connectivity index (χ2v) is 7.44. The van der Waals surface area contributed by atoms with Gasteiger partial charge in [-0.05, 0) is 43.3 Å². The summed E-state index contributed by atoms with van der Waals surface area (Å²) in [5.41, 5.74) is 4.30. The van der Waals surface area contributed by atoms with Crippen molar-refractivity contribution in [2.75, 3.05) is 21.3 Å². The Morgan fingerprint density at radius 3 is 2.03 bits per heavy atom. The minimum absolute atomic E-state index is 0.644. The molecular formula is C26H23N3O3. The Hall–Kier alpha value is -4.06. The Kier molecular flexibility index (Phi) is 4.90. The van der Waals surface area contributed by atoms with Gasteiger partial charge in [-0.1, -0.05) is 30.3 Å². The van der Waals surface area contributed by atoms with Crippen LogP contribution in [0.5, 0.6) is 17.2 Å². The van der Waals surface area contributed by atoms with E-state index in [0.717, 1.165) is 50.2 Å². The van der Waals surface area contributed by atoms with Crippen LogP contribution >= 0.6 is 0 Å².